The molecule has 53 heavy (non-hydrogen) atoms. The summed E-state index contributed by atoms with van der Waals surface area (Å²) in [6, 6.07) is -0.558. The maximum absolute atomic E-state index is 12.4. The third-order valence-electron chi connectivity index (χ3n) is 11.2. The van der Waals surface area contributed by atoms with Crippen molar-refractivity contribution in [2.24, 2.45) is 0 Å². The zero-order chi connectivity index (χ0) is 38.7. The lowest BCUT2D eigenvalue weighted by Gasteiger charge is -2.22. The van der Waals surface area contributed by atoms with Gasteiger partial charge in [0.2, 0.25) is 5.91 Å². The number of hydrogen-bond acceptors (Lipinski definition) is 5. The molecule has 0 aliphatic heterocycles. The first kappa shape index (κ1) is 51.9. The van der Waals surface area contributed by atoms with Gasteiger partial charge < -0.3 is 20.3 Å². The topological polar surface area (TPSA) is 95.9 Å². The number of ether oxygens (including phenoxy) is 1. The van der Waals surface area contributed by atoms with E-state index in [0.717, 1.165) is 57.8 Å². The lowest BCUT2D eigenvalue weighted by Crippen LogP contribution is -2.45. The van der Waals surface area contributed by atoms with Gasteiger partial charge in [-0.1, -0.05) is 226 Å². The first-order valence-electron chi connectivity index (χ1n) is 23.8. The fourth-order valence-electron chi connectivity index (χ4n) is 7.46. The van der Waals surface area contributed by atoms with Crippen LogP contribution < -0.4 is 5.32 Å². The second-order valence-corrected chi connectivity index (χ2v) is 16.5. The summed E-state index contributed by atoms with van der Waals surface area (Å²) in [7, 11) is 0. The second kappa shape index (κ2) is 43.6. The van der Waals surface area contributed by atoms with Crippen LogP contribution in [0.1, 0.15) is 264 Å². The normalized spacial score (nSPS) is 12.6. The van der Waals surface area contributed by atoms with Crippen molar-refractivity contribution in [3.05, 3.63) is 0 Å². The van der Waals surface area contributed by atoms with Crippen LogP contribution in [0.3, 0.4) is 0 Å². The third-order valence-corrected chi connectivity index (χ3v) is 11.2. The zero-order valence-electron chi connectivity index (χ0n) is 35.8. The van der Waals surface area contributed by atoms with E-state index in [1.807, 2.05) is 0 Å². The SMILES string of the molecule is CCCCCCCCCCCCCCCCCC(=O)OCCCCCCCCCCCC(=O)NC(CO)C(O)CCCCCCCCCCCCCC. The van der Waals surface area contributed by atoms with Crippen molar-refractivity contribution in [1.82, 2.24) is 5.32 Å². The van der Waals surface area contributed by atoms with Gasteiger partial charge in [0.25, 0.3) is 0 Å². The number of carbonyl (C=O) groups is 2. The van der Waals surface area contributed by atoms with Crippen molar-refractivity contribution < 1.29 is 24.5 Å². The fourth-order valence-corrected chi connectivity index (χ4v) is 7.46. The molecular formula is C47H93NO5. The molecule has 0 heterocycles. The number of esters is 1. The Morgan fingerprint density at radius 2 is 0.774 bits per heavy atom. The number of aliphatic hydroxyl groups is 2. The number of unbranched alkanes of at least 4 members (excludes halogenated alkanes) is 33. The molecule has 0 saturated carbocycles. The molecule has 0 aromatic carbocycles. The minimum Gasteiger partial charge on any atom is -0.466 e. The number of rotatable bonds is 44. The van der Waals surface area contributed by atoms with Crippen LogP contribution in [0, 0.1) is 0 Å². The summed E-state index contributed by atoms with van der Waals surface area (Å²) in [5.74, 6) is -0.0837. The van der Waals surface area contributed by atoms with Crippen molar-refractivity contribution in [1.29, 1.82) is 0 Å². The molecule has 1 amide bonds. The van der Waals surface area contributed by atoms with Gasteiger partial charge in [0.1, 0.15) is 0 Å². The van der Waals surface area contributed by atoms with E-state index in [4.69, 9.17) is 4.74 Å². The largest absolute Gasteiger partial charge is 0.466 e. The van der Waals surface area contributed by atoms with Crippen LogP contribution in [0.2, 0.25) is 0 Å². The van der Waals surface area contributed by atoms with E-state index in [0.29, 0.717) is 25.9 Å². The Hall–Kier alpha value is -1.14. The van der Waals surface area contributed by atoms with Gasteiger partial charge in [0.15, 0.2) is 0 Å². The number of amides is 1. The van der Waals surface area contributed by atoms with E-state index in [1.54, 1.807) is 0 Å². The molecule has 2 atom stereocenters. The lowest BCUT2D eigenvalue weighted by atomic mass is 10.0. The molecule has 0 bridgehead atoms. The molecule has 0 radical (unpaired) electrons. The molecule has 0 aromatic rings. The Morgan fingerprint density at radius 1 is 0.453 bits per heavy atom. The monoisotopic (exact) mass is 752 g/mol. The summed E-state index contributed by atoms with van der Waals surface area (Å²) in [6.07, 6.45) is 46.3. The Kier molecular flexibility index (Phi) is 42.6. The molecule has 6 heteroatoms. The summed E-state index contributed by atoms with van der Waals surface area (Å²) in [6.45, 7) is 4.89. The summed E-state index contributed by atoms with van der Waals surface area (Å²) in [5, 5.41) is 23.1. The molecule has 3 N–H and O–H groups in total. The molecule has 0 fully saturated rings. The predicted molar refractivity (Wildman–Crippen MR) is 227 cm³/mol. The Labute approximate surface area is 330 Å². The van der Waals surface area contributed by atoms with E-state index in [2.05, 4.69) is 19.2 Å². The highest BCUT2D eigenvalue weighted by Gasteiger charge is 2.20. The van der Waals surface area contributed by atoms with Gasteiger partial charge in [-0.2, -0.15) is 0 Å². The molecule has 2 unspecified atom stereocenters. The quantitative estimate of drug-likeness (QED) is 0.0425. The van der Waals surface area contributed by atoms with Gasteiger partial charge in [-0.05, 0) is 25.7 Å². The smallest absolute Gasteiger partial charge is 0.305 e. The van der Waals surface area contributed by atoms with Gasteiger partial charge in [-0.15, -0.1) is 0 Å². The van der Waals surface area contributed by atoms with Gasteiger partial charge in [-0.25, -0.2) is 0 Å². The summed E-state index contributed by atoms with van der Waals surface area (Å²) >= 11 is 0. The van der Waals surface area contributed by atoms with Gasteiger partial charge in [-0.3, -0.25) is 9.59 Å². The van der Waals surface area contributed by atoms with Crippen LogP contribution in [0.25, 0.3) is 0 Å². The van der Waals surface area contributed by atoms with Crippen LogP contribution in [0.5, 0.6) is 0 Å². The second-order valence-electron chi connectivity index (χ2n) is 16.5. The van der Waals surface area contributed by atoms with Crippen molar-refractivity contribution >= 4 is 11.9 Å². The number of aliphatic hydroxyl groups excluding tert-OH is 2. The Morgan fingerprint density at radius 3 is 1.15 bits per heavy atom. The molecule has 0 saturated heterocycles. The van der Waals surface area contributed by atoms with Gasteiger partial charge in [0.05, 0.1) is 25.4 Å². The Bertz CT molecular complexity index is 746. The lowest BCUT2D eigenvalue weighted by molar-refractivity contribution is -0.143. The molecule has 0 aliphatic carbocycles. The van der Waals surface area contributed by atoms with Gasteiger partial charge >= 0.3 is 5.97 Å². The van der Waals surface area contributed by atoms with Crippen LogP contribution in [0.4, 0.5) is 0 Å². The van der Waals surface area contributed by atoms with Crippen LogP contribution in [0.15, 0.2) is 0 Å². The number of carbonyl (C=O) groups excluding carboxylic acids is 2. The van der Waals surface area contributed by atoms with Crippen LogP contribution in [-0.4, -0.2) is 47.4 Å². The minimum atomic E-state index is -0.678. The first-order valence-corrected chi connectivity index (χ1v) is 23.8. The standard InChI is InChI=1S/C47H93NO5/c1-3-5-7-9-11-13-15-17-18-19-21-25-29-33-37-41-47(52)53-42-38-34-30-26-22-24-28-32-36-40-46(51)48-44(43-49)45(50)39-35-31-27-23-20-16-14-12-10-8-6-4-2/h44-45,49-50H,3-43H2,1-2H3,(H,48,51). The summed E-state index contributed by atoms with van der Waals surface area (Å²) < 4.78 is 5.45. The molecule has 0 aliphatic rings. The van der Waals surface area contributed by atoms with Gasteiger partial charge in [0, 0.05) is 12.8 Å². The van der Waals surface area contributed by atoms with Crippen molar-refractivity contribution in [2.45, 2.75) is 276 Å². The minimum absolute atomic E-state index is 0.0220. The number of nitrogens with one attached hydrogen (secondary N) is 1. The highest BCUT2D eigenvalue weighted by Crippen LogP contribution is 2.16. The fraction of sp³-hybridized carbons (Fsp3) is 0.957. The summed E-state index contributed by atoms with van der Waals surface area (Å²) in [5.41, 5.74) is 0. The molecule has 0 spiro atoms. The van der Waals surface area contributed by atoms with E-state index in [1.165, 1.54) is 173 Å². The average molecular weight is 752 g/mol. The number of hydrogen-bond donors (Lipinski definition) is 3. The molecule has 0 rings (SSSR count). The Balaban J connectivity index is 3.46. The average Bonchev–Trinajstić information content (AvgIpc) is 3.16. The van der Waals surface area contributed by atoms with E-state index < -0.39 is 12.1 Å². The molecule has 316 valence electrons. The maximum Gasteiger partial charge on any atom is 0.305 e. The molecule has 0 aromatic heterocycles. The van der Waals surface area contributed by atoms with E-state index in [9.17, 15) is 19.8 Å². The molecule has 6 nitrogen and oxygen atoms in total. The summed E-state index contributed by atoms with van der Waals surface area (Å²) in [4.78, 5) is 24.4. The van der Waals surface area contributed by atoms with Crippen LogP contribution >= 0.6 is 0 Å². The third kappa shape index (κ3) is 40.3. The van der Waals surface area contributed by atoms with E-state index >= 15 is 0 Å². The zero-order valence-corrected chi connectivity index (χ0v) is 35.8. The molecular weight excluding hydrogens is 659 g/mol. The first-order chi connectivity index (χ1) is 26.0. The van der Waals surface area contributed by atoms with Crippen LogP contribution in [-0.2, 0) is 14.3 Å². The van der Waals surface area contributed by atoms with Crippen molar-refractivity contribution in [2.75, 3.05) is 13.2 Å². The highest BCUT2D eigenvalue weighted by atomic mass is 16.5. The maximum atomic E-state index is 12.4. The predicted octanol–water partition coefficient (Wildman–Crippen LogP) is 13.6. The highest BCUT2D eigenvalue weighted by molar-refractivity contribution is 5.76. The van der Waals surface area contributed by atoms with E-state index in [-0.39, 0.29) is 18.5 Å². The van der Waals surface area contributed by atoms with Crippen molar-refractivity contribution in [3.63, 3.8) is 0 Å². The van der Waals surface area contributed by atoms with Crippen molar-refractivity contribution in [3.8, 4) is 0 Å².